The Morgan fingerprint density at radius 3 is 2.75 bits per heavy atom. The molecule has 4 nitrogen and oxygen atoms in total. The Morgan fingerprint density at radius 1 is 1.17 bits per heavy atom. The SMILES string of the molecule is COc1cccc(-c2csc(=Nc3cccc(C)c3)n2CCO)c1. The normalized spacial score (nSPS) is 11.7. The number of methoxy groups -OCH3 is 1. The number of rotatable bonds is 5. The smallest absolute Gasteiger partial charge is 0.190 e. The maximum Gasteiger partial charge on any atom is 0.190 e. The monoisotopic (exact) mass is 340 g/mol. The molecule has 3 rings (SSSR count). The van der Waals surface area contributed by atoms with Crippen molar-refractivity contribution in [1.82, 2.24) is 4.57 Å². The molecule has 0 amide bonds. The molecule has 1 N–H and O–H groups in total. The zero-order valence-corrected chi connectivity index (χ0v) is 14.6. The highest BCUT2D eigenvalue weighted by Gasteiger charge is 2.09. The van der Waals surface area contributed by atoms with Gasteiger partial charge in [0.1, 0.15) is 5.75 Å². The van der Waals surface area contributed by atoms with Crippen LogP contribution in [-0.2, 0) is 6.54 Å². The number of aliphatic hydroxyl groups is 1. The highest BCUT2D eigenvalue weighted by atomic mass is 32.1. The van der Waals surface area contributed by atoms with E-state index in [9.17, 15) is 5.11 Å². The summed E-state index contributed by atoms with van der Waals surface area (Å²) in [5.74, 6) is 0.812. The molecular formula is C19H20N2O2S. The Balaban J connectivity index is 2.10. The van der Waals surface area contributed by atoms with E-state index in [4.69, 9.17) is 9.73 Å². The second kappa shape index (κ2) is 7.47. The summed E-state index contributed by atoms with van der Waals surface area (Å²) in [6.45, 7) is 2.62. The summed E-state index contributed by atoms with van der Waals surface area (Å²) in [5, 5.41) is 11.5. The fraction of sp³-hybridized carbons (Fsp3) is 0.211. The van der Waals surface area contributed by atoms with Crippen molar-refractivity contribution in [1.29, 1.82) is 0 Å². The third-order valence-corrected chi connectivity index (χ3v) is 4.58. The molecule has 0 radical (unpaired) electrons. The van der Waals surface area contributed by atoms with Crippen molar-refractivity contribution in [2.75, 3.05) is 13.7 Å². The minimum atomic E-state index is 0.0642. The number of aryl methyl sites for hydroxylation is 1. The van der Waals surface area contributed by atoms with Gasteiger partial charge < -0.3 is 14.4 Å². The third kappa shape index (κ3) is 3.58. The molecule has 3 aromatic rings. The third-order valence-electron chi connectivity index (χ3n) is 3.71. The van der Waals surface area contributed by atoms with E-state index in [1.165, 1.54) is 5.56 Å². The molecule has 0 aliphatic heterocycles. The Morgan fingerprint density at radius 2 is 2.00 bits per heavy atom. The van der Waals surface area contributed by atoms with Crippen LogP contribution in [0.1, 0.15) is 5.56 Å². The number of aromatic nitrogens is 1. The number of aliphatic hydroxyl groups excluding tert-OH is 1. The van der Waals surface area contributed by atoms with Gasteiger partial charge in [0.2, 0.25) is 0 Å². The molecule has 0 fully saturated rings. The second-order valence-corrected chi connectivity index (χ2v) is 6.30. The largest absolute Gasteiger partial charge is 0.497 e. The van der Waals surface area contributed by atoms with Crippen LogP contribution in [0.3, 0.4) is 0 Å². The lowest BCUT2D eigenvalue weighted by atomic mass is 10.1. The van der Waals surface area contributed by atoms with Gasteiger partial charge >= 0.3 is 0 Å². The molecule has 24 heavy (non-hydrogen) atoms. The predicted molar refractivity (Wildman–Crippen MR) is 97.8 cm³/mol. The minimum Gasteiger partial charge on any atom is -0.497 e. The molecule has 1 aromatic heterocycles. The van der Waals surface area contributed by atoms with Crippen molar-refractivity contribution < 1.29 is 9.84 Å². The maximum atomic E-state index is 9.46. The summed E-state index contributed by atoms with van der Waals surface area (Å²) in [6, 6.07) is 16.0. The van der Waals surface area contributed by atoms with E-state index in [2.05, 4.69) is 18.4 Å². The Hall–Kier alpha value is -2.37. The number of benzene rings is 2. The highest BCUT2D eigenvalue weighted by molar-refractivity contribution is 7.07. The molecule has 0 aliphatic rings. The molecule has 0 saturated carbocycles. The fourth-order valence-electron chi connectivity index (χ4n) is 2.56. The molecule has 1 heterocycles. The molecule has 124 valence electrons. The lowest BCUT2D eigenvalue weighted by Gasteiger charge is -2.09. The molecule has 0 saturated heterocycles. The standard InChI is InChI=1S/C19H20N2O2S/c1-14-5-3-7-16(11-14)20-19-21(9-10-22)18(13-24-19)15-6-4-8-17(12-15)23-2/h3-8,11-13,22H,9-10H2,1-2H3. The van der Waals surface area contributed by atoms with Gasteiger partial charge in [-0.25, -0.2) is 4.99 Å². The number of hydrogen-bond acceptors (Lipinski definition) is 4. The van der Waals surface area contributed by atoms with Crippen molar-refractivity contribution in [3.8, 4) is 17.0 Å². The molecule has 0 spiro atoms. The van der Waals surface area contributed by atoms with Crippen molar-refractivity contribution >= 4 is 17.0 Å². The zero-order valence-electron chi connectivity index (χ0n) is 13.8. The van der Waals surface area contributed by atoms with E-state index in [-0.39, 0.29) is 6.61 Å². The van der Waals surface area contributed by atoms with E-state index in [0.717, 1.165) is 27.5 Å². The van der Waals surface area contributed by atoms with Crippen LogP contribution in [0, 0.1) is 6.92 Å². The lowest BCUT2D eigenvalue weighted by molar-refractivity contribution is 0.275. The molecular weight excluding hydrogens is 320 g/mol. The van der Waals surface area contributed by atoms with Gasteiger partial charge in [0.15, 0.2) is 4.80 Å². The fourth-order valence-corrected chi connectivity index (χ4v) is 3.51. The second-order valence-electron chi connectivity index (χ2n) is 5.46. The van der Waals surface area contributed by atoms with Crippen LogP contribution < -0.4 is 9.54 Å². The molecule has 0 atom stereocenters. The summed E-state index contributed by atoms with van der Waals surface area (Å²) < 4.78 is 7.36. The summed E-state index contributed by atoms with van der Waals surface area (Å²) in [7, 11) is 1.66. The van der Waals surface area contributed by atoms with Gasteiger partial charge in [0.05, 0.1) is 25.1 Å². The number of hydrogen-bond donors (Lipinski definition) is 1. The first-order chi connectivity index (χ1) is 11.7. The maximum absolute atomic E-state index is 9.46. The number of nitrogens with zero attached hydrogens (tertiary/aromatic N) is 2. The van der Waals surface area contributed by atoms with Crippen LogP contribution in [0.15, 0.2) is 58.9 Å². The van der Waals surface area contributed by atoms with Gasteiger partial charge in [-0.2, -0.15) is 0 Å². The number of ether oxygens (including phenoxy) is 1. The molecule has 2 aromatic carbocycles. The average molecular weight is 340 g/mol. The van der Waals surface area contributed by atoms with E-state index in [1.807, 2.05) is 47.0 Å². The first-order valence-corrected chi connectivity index (χ1v) is 8.64. The summed E-state index contributed by atoms with van der Waals surface area (Å²) in [4.78, 5) is 5.62. The van der Waals surface area contributed by atoms with Crippen molar-refractivity contribution in [2.45, 2.75) is 13.5 Å². The van der Waals surface area contributed by atoms with Crippen molar-refractivity contribution in [3.63, 3.8) is 0 Å². The molecule has 0 aliphatic carbocycles. The first-order valence-electron chi connectivity index (χ1n) is 7.76. The average Bonchev–Trinajstić information content (AvgIpc) is 2.98. The van der Waals surface area contributed by atoms with E-state index in [0.29, 0.717) is 6.54 Å². The Bertz CT molecular complexity index is 896. The van der Waals surface area contributed by atoms with Crippen LogP contribution in [0.25, 0.3) is 11.3 Å². The first kappa shape index (κ1) is 16.5. The van der Waals surface area contributed by atoms with Crippen LogP contribution in [-0.4, -0.2) is 23.4 Å². The zero-order chi connectivity index (χ0) is 16.9. The topological polar surface area (TPSA) is 46.8 Å². The van der Waals surface area contributed by atoms with Crippen molar-refractivity contribution in [2.24, 2.45) is 4.99 Å². The summed E-state index contributed by atoms with van der Waals surface area (Å²) >= 11 is 1.57. The lowest BCUT2D eigenvalue weighted by Crippen LogP contribution is -2.17. The van der Waals surface area contributed by atoms with Gasteiger partial charge in [-0.15, -0.1) is 11.3 Å². The van der Waals surface area contributed by atoms with Crippen LogP contribution in [0.2, 0.25) is 0 Å². The van der Waals surface area contributed by atoms with Crippen LogP contribution in [0.4, 0.5) is 5.69 Å². The molecule has 0 unspecified atom stereocenters. The van der Waals surface area contributed by atoms with Crippen LogP contribution >= 0.6 is 11.3 Å². The van der Waals surface area contributed by atoms with Gasteiger partial charge in [0, 0.05) is 17.5 Å². The molecule has 0 bridgehead atoms. The minimum absolute atomic E-state index is 0.0642. The molecule has 5 heteroatoms. The Kier molecular flexibility index (Phi) is 5.13. The van der Waals surface area contributed by atoms with Crippen LogP contribution in [0.5, 0.6) is 5.75 Å². The summed E-state index contributed by atoms with van der Waals surface area (Å²) in [5.41, 5.74) is 4.17. The van der Waals surface area contributed by atoms with E-state index < -0.39 is 0 Å². The van der Waals surface area contributed by atoms with Crippen molar-refractivity contribution in [3.05, 3.63) is 64.3 Å². The van der Waals surface area contributed by atoms with E-state index in [1.54, 1.807) is 18.4 Å². The Labute approximate surface area is 145 Å². The summed E-state index contributed by atoms with van der Waals surface area (Å²) in [6.07, 6.45) is 0. The number of thiazole rings is 1. The van der Waals surface area contributed by atoms with E-state index >= 15 is 0 Å². The quantitative estimate of drug-likeness (QED) is 0.769. The van der Waals surface area contributed by atoms with Gasteiger partial charge in [0.25, 0.3) is 0 Å². The van der Waals surface area contributed by atoms with Gasteiger partial charge in [-0.1, -0.05) is 24.3 Å². The van der Waals surface area contributed by atoms with Gasteiger partial charge in [-0.3, -0.25) is 0 Å². The highest BCUT2D eigenvalue weighted by Crippen LogP contribution is 2.24. The predicted octanol–water partition coefficient (Wildman–Crippen LogP) is 3.76. The van der Waals surface area contributed by atoms with Gasteiger partial charge in [-0.05, 0) is 36.8 Å².